The molecule has 0 saturated carbocycles. The molecule has 0 bridgehead atoms. The first-order valence-corrected chi connectivity index (χ1v) is 16.1. The van der Waals surface area contributed by atoms with Crippen molar-refractivity contribution in [2.75, 3.05) is 39.1 Å². The van der Waals surface area contributed by atoms with E-state index in [2.05, 4.69) is 23.3 Å². The summed E-state index contributed by atoms with van der Waals surface area (Å²) in [6, 6.07) is 14.2. The average molecular weight is 583 g/mol. The van der Waals surface area contributed by atoms with Gasteiger partial charge in [-0.25, -0.2) is 13.4 Å². The molecule has 1 saturated heterocycles. The number of nitrogens with zero attached hydrogens (tertiary/aromatic N) is 3. The number of thiophene rings is 1. The van der Waals surface area contributed by atoms with Crippen LogP contribution in [0.5, 0.6) is 0 Å². The first-order chi connectivity index (χ1) is 18.8. The van der Waals surface area contributed by atoms with E-state index >= 15 is 0 Å². The number of sulfonamides is 1. The summed E-state index contributed by atoms with van der Waals surface area (Å²) in [7, 11) is -0.00866. The highest BCUT2D eigenvalue weighted by molar-refractivity contribution is 7.89. The number of carbonyl (C=O) groups is 1. The lowest BCUT2D eigenvalue weighted by Gasteiger charge is -2.22. The van der Waals surface area contributed by atoms with E-state index in [0.717, 1.165) is 58.1 Å². The third-order valence-corrected chi connectivity index (χ3v) is 11.3. The number of rotatable bonds is 7. The summed E-state index contributed by atoms with van der Waals surface area (Å²) in [5.74, 6) is -0.277. The predicted molar refractivity (Wildman–Crippen MR) is 156 cm³/mol. The van der Waals surface area contributed by atoms with Crippen molar-refractivity contribution in [2.24, 2.45) is 0 Å². The van der Waals surface area contributed by atoms with Gasteiger partial charge in [-0.15, -0.1) is 22.7 Å². The van der Waals surface area contributed by atoms with Crippen LogP contribution in [0.25, 0.3) is 20.8 Å². The smallest absolute Gasteiger partial charge is 0.256 e. The zero-order valence-electron chi connectivity index (χ0n) is 21.8. The Bertz CT molecular complexity index is 1590. The topological polar surface area (TPSA) is 91.8 Å². The number of para-hydroxylation sites is 1. The van der Waals surface area contributed by atoms with Crippen LogP contribution in [0.15, 0.2) is 53.4 Å². The summed E-state index contributed by atoms with van der Waals surface area (Å²) in [5.41, 5.74) is 3.61. The standard InChI is InChI=1S/C28H30N4O4S3/c1-31-14-13-21-24(17-31)38-28(25(21)27-29-22-7-3-4-8-23(22)37-27)30-26(33)18-9-11-20(12-10-18)39(34,35)32(2)16-19-6-5-15-36-19/h3-4,7-12,19H,5-6,13-17H2,1-2H3,(H,30,33). The molecule has 11 heteroatoms. The molecule has 2 aromatic carbocycles. The summed E-state index contributed by atoms with van der Waals surface area (Å²) in [6.07, 6.45) is 2.64. The van der Waals surface area contributed by atoms with Crippen molar-refractivity contribution in [1.29, 1.82) is 0 Å². The van der Waals surface area contributed by atoms with Crippen LogP contribution >= 0.6 is 22.7 Å². The van der Waals surface area contributed by atoms with Gasteiger partial charge in [-0.1, -0.05) is 12.1 Å². The van der Waals surface area contributed by atoms with Crippen molar-refractivity contribution in [3.05, 3.63) is 64.5 Å². The number of anilines is 1. The molecule has 1 N–H and O–H groups in total. The van der Waals surface area contributed by atoms with Crippen molar-refractivity contribution < 1.29 is 17.9 Å². The number of aromatic nitrogens is 1. The Kier molecular flexibility index (Phi) is 7.30. The number of benzene rings is 2. The molecule has 1 atom stereocenters. The molecule has 4 aromatic rings. The fraction of sp³-hybridized carbons (Fsp3) is 0.357. The Labute approximate surface area is 236 Å². The van der Waals surface area contributed by atoms with Gasteiger partial charge in [0.05, 0.1) is 21.2 Å². The highest BCUT2D eigenvalue weighted by Gasteiger charge is 2.28. The van der Waals surface area contributed by atoms with E-state index in [1.807, 2.05) is 18.2 Å². The van der Waals surface area contributed by atoms with Gasteiger partial charge in [0.25, 0.3) is 5.91 Å². The summed E-state index contributed by atoms with van der Waals surface area (Å²) >= 11 is 3.23. The lowest BCUT2D eigenvalue weighted by atomic mass is 10.0. The number of ether oxygens (including phenoxy) is 1. The van der Waals surface area contributed by atoms with Crippen molar-refractivity contribution >= 4 is 53.8 Å². The highest BCUT2D eigenvalue weighted by Crippen LogP contribution is 2.45. The van der Waals surface area contributed by atoms with E-state index < -0.39 is 10.0 Å². The molecule has 2 aliphatic heterocycles. The summed E-state index contributed by atoms with van der Waals surface area (Å²) in [5, 5.41) is 4.81. The van der Waals surface area contributed by atoms with E-state index in [1.54, 1.807) is 41.9 Å². The van der Waals surface area contributed by atoms with Crippen LogP contribution in [-0.2, 0) is 27.7 Å². The quantitative estimate of drug-likeness (QED) is 0.327. The fourth-order valence-corrected chi connectivity index (χ4v) is 8.77. The van der Waals surface area contributed by atoms with Crippen LogP contribution in [0, 0.1) is 0 Å². The minimum atomic E-state index is -3.68. The second kappa shape index (κ2) is 10.7. The minimum Gasteiger partial charge on any atom is -0.377 e. The molecule has 1 unspecified atom stereocenters. The van der Waals surface area contributed by atoms with Gasteiger partial charge in [-0.05, 0) is 68.3 Å². The average Bonchev–Trinajstić information content (AvgIpc) is 3.66. The van der Waals surface area contributed by atoms with E-state index in [9.17, 15) is 13.2 Å². The van der Waals surface area contributed by atoms with Crippen molar-refractivity contribution in [2.45, 2.75) is 36.8 Å². The first kappa shape index (κ1) is 26.5. The van der Waals surface area contributed by atoms with Crippen LogP contribution in [-0.4, -0.2) is 68.4 Å². The lowest BCUT2D eigenvalue weighted by Crippen LogP contribution is -2.34. The molecule has 1 fully saturated rings. The minimum absolute atomic E-state index is 0.0733. The Balaban J connectivity index is 1.26. The summed E-state index contributed by atoms with van der Waals surface area (Å²) < 4.78 is 34.2. The Morgan fingerprint density at radius 2 is 1.97 bits per heavy atom. The number of hydrogen-bond donors (Lipinski definition) is 1. The molecule has 0 aliphatic carbocycles. The molecular weight excluding hydrogens is 553 g/mol. The van der Waals surface area contributed by atoms with Gasteiger partial charge in [0.15, 0.2) is 0 Å². The normalized spacial score (nSPS) is 18.1. The zero-order valence-corrected chi connectivity index (χ0v) is 24.3. The molecule has 0 radical (unpaired) electrons. The summed E-state index contributed by atoms with van der Waals surface area (Å²) in [6.45, 7) is 2.77. The molecule has 39 heavy (non-hydrogen) atoms. The number of fused-ring (bicyclic) bond motifs is 2. The van der Waals surface area contributed by atoms with E-state index in [-0.39, 0.29) is 16.9 Å². The second-order valence-corrected chi connectivity index (χ2v) is 14.3. The van der Waals surface area contributed by atoms with Crippen molar-refractivity contribution in [3.63, 3.8) is 0 Å². The lowest BCUT2D eigenvalue weighted by molar-refractivity contribution is 0.0979. The number of amides is 1. The van der Waals surface area contributed by atoms with Gasteiger partial charge < -0.3 is 15.0 Å². The zero-order chi connectivity index (χ0) is 27.1. The molecule has 1 amide bonds. The molecule has 8 nitrogen and oxygen atoms in total. The molecule has 6 rings (SSSR count). The maximum Gasteiger partial charge on any atom is 0.256 e. The van der Waals surface area contributed by atoms with Crippen LogP contribution < -0.4 is 5.32 Å². The number of likely N-dealkylation sites (N-methyl/N-ethyl adjacent to an activating group) is 2. The third-order valence-electron chi connectivity index (χ3n) is 7.29. The second-order valence-electron chi connectivity index (χ2n) is 10.1. The van der Waals surface area contributed by atoms with Crippen molar-refractivity contribution in [3.8, 4) is 10.6 Å². The van der Waals surface area contributed by atoms with Crippen LogP contribution in [0.2, 0.25) is 0 Å². The molecule has 4 heterocycles. The van der Waals surface area contributed by atoms with E-state index in [1.165, 1.54) is 26.9 Å². The monoisotopic (exact) mass is 582 g/mol. The van der Waals surface area contributed by atoms with Gasteiger partial charge in [-0.2, -0.15) is 4.31 Å². The van der Waals surface area contributed by atoms with Gasteiger partial charge in [0.2, 0.25) is 10.0 Å². The van der Waals surface area contributed by atoms with E-state index in [0.29, 0.717) is 18.7 Å². The van der Waals surface area contributed by atoms with E-state index in [4.69, 9.17) is 9.72 Å². The highest BCUT2D eigenvalue weighted by atomic mass is 32.2. The number of carbonyl (C=O) groups excluding carboxylic acids is 1. The number of thiazole rings is 1. The van der Waals surface area contributed by atoms with Gasteiger partial charge >= 0.3 is 0 Å². The molecule has 2 aromatic heterocycles. The fourth-order valence-electron chi connectivity index (χ4n) is 5.13. The first-order valence-electron chi connectivity index (χ1n) is 13.0. The Hall–Kier alpha value is -2.67. The number of nitrogens with one attached hydrogen (secondary N) is 1. The SMILES string of the molecule is CN1CCc2c(sc(NC(=O)c3ccc(S(=O)(=O)N(C)CC4CCCO4)cc3)c2-c2nc3ccccc3s2)C1. The molecule has 2 aliphatic rings. The number of hydrogen-bond acceptors (Lipinski definition) is 8. The third kappa shape index (κ3) is 5.27. The van der Waals surface area contributed by atoms with Crippen LogP contribution in [0.4, 0.5) is 5.00 Å². The van der Waals surface area contributed by atoms with Crippen LogP contribution in [0.3, 0.4) is 0 Å². The maximum atomic E-state index is 13.4. The Morgan fingerprint density at radius 3 is 2.72 bits per heavy atom. The van der Waals surface area contributed by atoms with Gasteiger partial charge in [0, 0.05) is 49.3 Å². The van der Waals surface area contributed by atoms with Gasteiger partial charge in [-0.3, -0.25) is 4.79 Å². The summed E-state index contributed by atoms with van der Waals surface area (Å²) in [4.78, 5) is 21.9. The Morgan fingerprint density at radius 1 is 1.18 bits per heavy atom. The predicted octanol–water partition coefficient (Wildman–Crippen LogP) is 5.06. The molecular formula is C28H30N4O4S3. The van der Waals surface area contributed by atoms with Crippen molar-refractivity contribution in [1.82, 2.24) is 14.2 Å². The van der Waals surface area contributed by atoms with Gasteiger partial charge in [0.1, 0.15) is 10.0 Å². The molecule has 204 valence electrons. The molecule has 0 spiro atoms. The van der Waals surface area contributed by atoms with Crippen LogP contribution in [0.1, 0.15) is 33.6 Å². The maximum absolute atomic E-state index is 13.4. The largest absolute Gasteiger partial charge is 0.377 e.